The first kappa shape index (κ1) is 9.01. The molecular weight excluding hydrogens is 162 g/mol. The molecule has 0 saturated carbocycles. The number of terminal acetylenes is 1. The molecule has 0 aromatic carbocycles. The van der Waals surface area contributed by atoms with Crippen LogP contribution in [0.2, 0.25) is 0 Å². The summed E-state index contributed by atoms with van der Waals surface area (Å²) in [6, 6.07) is 0. The highest BCUT2D eigenvalue weighted by Crippen LogP contribution is 2.43. The van der Waals surface area contributed by atoms with Crippen molar-refractivity contribution < 1.29 is 0 Å². The molecule has 3 nitrogen and oxygen atoms in total. The van der Waals surface area contributed by atoms with Gasteiger partial charge in [-0.2, -0.15) is 0 Å². The van der Waals surface area contributed by atoms with Gasteiger partial charge in [-0.3, -0.25) is 0 Å². The number of rotatable bonds is 5. The number of hydrogen-bond donors (Lipinski definition) is 1. The second-order valence-electron chi connectivity index (χ2n) is 3.98. The Balaban J connectivity index is 1.86. The van der Waals surface area contributed by atoms with E-state index in [1.165, 1.54) is 19.6 Å². The van der Waals surface area contributed by atoms with Gasteiger partial charge in [-0.05, 0) is 19.4 Å². The average molecular weight is 179 g/mol. The lowest BCUT2D eigenvalue weighted by atomic mass is 10.00. The molecule has 0 amide bonds. The van der Waals surface area contributed by atoms with Gasteiger partial charge in [0.1, 0.15) is 0 Å². The highest BCUT2D eigenvalue weighted by atomic mass is 15.8. The molecule has 2 aliphatic rings. The molecule has 3 heteroatoms. The second kappa shape index (κ2) is 3.30. The molecule has 2 atom stereocenters. The van der Waals surface area contributed by atoms with Crippen LogP contribution in [0.15, 0.2) is 0 Å². The molecule has 0 aliphatic carbocycles. The summed E-state index contributed by atoms with van der Waals surface area (Å²) >= 11 is 0. The zero-order valence-electron chi connectivity index (χ0n) is 8.00. The van der Waals surface area contributed by atoms with E-state index in [9.17, 15) is 0 Å². The van der Waals surface area contributed by atoms with Gasteiger partial charge in [0.05, 0.1) is 5.54 Å². The third-order valence-electron chi connectivity index (χ3n) is 3.00. The highest BCUT2D eigenvalue weighted by Gasteiger charge is 2.55. The summed E-state index contributed by atoms with van der Waals surface area (Å²) in [6.45, 7) is 4.39. The SMILES string of the molecule is C#CCCC1(CCN)CN1N1CC1. The summed E-state index contributed by atoms with van der Waals surface area (Å²) in [6.07, 6.45) is 8.36. The molecule has 0 bridgehead atoms. The van der Waals surface area contributed by atoms with Crippen LogP contribution in [0.5, 0.6) is 0 Å². The molecule has 0 spiro atoms. The molecule has 2 N–H and O–H groups in total. The molecule has 2 rings (SSSR count). The van der Waals surface area contributed by atoms with E-state index in [1.807, 2.05) is 0 Å². The van der Waals surface area contributed by atoms with E-state index in [1.54, 1.807) is 0 Å². The second-order valence-corrected chi connectivity index (χ2v) is 3.98. The van der Waals surface area contributed by atoms with Crippen molar-refractivity contribution in [3.8, 4) is 12.3 Å². The zero-order valence-corrected chi connectivity index (χ0v) is 8.00. The maximum Gasteiger partial charge on any atom is 0.0519 e. The summed E-state index contributed by atoms with van der Waals surface area (Å²) in [4.78, 5) is 0. The lowest BCUT2D eigenvalue weighted by Crippen LogP contribution is -2.25. The van der Waals surface area contributed by atoms with Crippen LogP contribution in [0.25, 0.3) is 0 Å². The van der Waals surface area contributed by atoms with Gasteiger partial charge in [0.2, 0.25) is 0 Å². The molecule has 13 heavy (non-hydrogen) atoms. The fraction of sp³-hybridized carbons (Fsp3) is 0.800. The smallest absolute Gasteiger partial charge is 0.0519 e. The summed E-state index contributed by atoms with van der Waals surface area (Å²) in [7, 11) is 0. The van der Waals surface area contributed by atoms with E-state index >= 15 is 0 Å². The standard InChI is InChI=1S/C10H17N3/c1-2-3-4-10(5-6-11)9-13(10)12-7-8-12/h1H,3-9,11H2. The third-order valence-corrected chi connectivity index (χ3v) is 3.00. The van der Waals surface area contributed by atoms with Crippen molar-refractivity contribution in [3.05, 3.63) is 0 Å². The Bertz CT molecular complexity index is 229. The van der Waals surface area contributed by atoms with Gasteiger partial charge < -0.3 is 5.73 Å². The first-order chi connectivity index (χ1) is 6.32. The minimum absolute atomic E-state index is 0.345. The van der Waals surface area contributed by atoms with Crippen LogP contribution >= 0.6 is 0 Å². The van der Waals surface area contributed by atoms with Crippen LogP contribution in [-0.4, -0.2) is 41.7 Å². The first-order valence-electron chi connectivity index (χ1n) is 4.98. The molecular formula is C10H17N3. The molecule has 2 unspecified atom stereocenters. The summed E-state index contributed by atoms with van der Waals surface area (Å²) < 4.78 is 0. The van der Waals surface area contributed by atoms with Crippen LogP contribution in [0.4, 0.5) is 0 Å². The van der Waals surface area contributed by atoms with Crippen molar-refractivity contribution in [3.63, 3.8) is 0 Å². The summed E-state index contributed by atoms with van der Waals surface area (Å²) in [5.41, 5.74) is 5.96. The molecule has 2 saturated heterocycles. The average Bonchev–Trinajstić information content (AvgIpc) is 2.96. The Hall–Kier alpha value is -0.560. The van der Waals surface area contributed by atoms with Crippen LogP contribution in [-0.2, 0) is 0 Å². The normalized spacial score (nSPS) is 37.1. The third kappa shape index (κ3) is 1.71. The van der Waals surface area contributed by atoms with Gasteiger partial charge in [-0.25, -0.2) is 10.0 Å². The van der Waals surface area contributed by atoms with Crippen molar-refractivity contribution in [2.75, 3.05) is 26.2 Å². The first-order valence-corrected chi connectivity index (χ1v) is 4.98. The van der Waals surface area contributed by atoms with Crippen molar-refractivity contribution in [1.29, 1.82) is 0 Å². The monoisotopic (exact) mass is 179 g/mol. The van der Waals surface area contributed by atoms with E-state index in [0.29, 0.717) is 5.54 Å². The van der Waals surface area contributed by atoms with Crippen molar-refractivity contribution in [2.45, 2.75) is 24.8 Å². The molecule has 0 radical (unpaired) electrons. The Labute approximate surface area is 79.8 Å². The topological polar surface area (TPSA) is 32.0 Å². The molecule has 2 heterocycles. The summed E-state index contributed by atoms with van der Waals surface area (Å²) in [5, 5.41) is 4.82. The molecule has 72 valence electrons. The van der Waals surface area contributed by atoms with E-state index in [2.05, 4.69) is 15.9 Å². The maximum atomic E-state index is 5.61. The molecule has 2 fully saturated rings. The van der Waals surface area contributed by atoms with Crippen LogP contribution in [0.3, 0.4) is 0 Å². The number of hydrogen-bond acceptors (Lipinski definition) is 3. The van der Waals surface area contributed by atoms with Crippen molar-refractivity contribution in [2.24, 2.45) is 5.73 Å². The van der Waals surface area contributed by atoms with E-state index in [4.69, 9.17) is 12.2 Å². The van der Waals surface area contributed by atoms with Gasteiger partial charge >= 0.3 is 0 Å². The van der Waals surface area contributed by atoms with E-state index in [0.717, 1.165) is 25.8 Å². The number of hydrazine groups is 1. The van der Waals surface area contributed by atoms with Crippen LogP contribution in [0.1, 0.15) is 19.3 Å². The van der Waals surface area contributed by atoms with Gasteiger partial charge in [0, 0.05) is 26.1 Å². The Morgan fingerprint density at radius 3 is 2.69 bits per heavy atom. The maximum absolute atomic E-state index is 5.61. The lowest BCUT2D eigenvalue weighted by molar-refractivity contribution is 0.186. The Morgan fingerprint density at radius 2 is 2.15 bits per heavy atom. The Morgan fingerprint density at radius 1 is 1.38 bits per heavy atom. The Kier molecular flexibility index (Phi) is 2.29. The zero-order chi connectivity index (χ0) is 9.31. The predicted octanol–water partition coefficient (Wildman–Crippen LogP) is 0.0336. The highest BCUT2D eigenvalue weighted by molar-refractivity contribution is 5.09. The van der Waals surface area contributed by atoms with Crippen LogP contribution < -0.4 is 5.73 Å². The largest absolute Gasteiger partial charge is 0.330 e. The minimum Gasteiger partial charge on any atom is -0.330 e. The fourth-order valence-corrected chi connectivity index (χ4v) is 2.04. The number of nitrogens with zero attached hydrogens (tertiary/aromatic N) is 2. The van der Waals surface area contributed by atoms with Crippen molar-refractivity contribution >= 4 is 0 Å². The fourth-order valence-electron chi connectivity index (χ4n) is 2.04. The van der Waals surface area contributed by atoms with Crippen molar-refractivity contribution in [1.82, 2.24) is 10.0 Å². The van der Waals surface area contributed by atoms with Gasteiger partial charge in [-0.1, -0.05) is 0 Å². The predicted molar refractivity (Wildman–Crippen MR) is 52.7 cm³/mol. The van der Waals surface area contributed by atoms with Gasteiger partial charge in [-0.15, -0.1) is 12.3 Å². The van der Waals surface area contributed by atoms with Crippen LogP contribution in [0, 0.1) is 12.3 Å². The summed E-state index contributed by atoms with van der Waals surface area (Å²) in [5.74, 6) is 2.72. The lowest BCUT2D eigenvalue weighted by Gasteiger charge is -2.15. The van der Waals surface area contributed by atoms with Gasteiger partial charge in [0.25, 0.3) is 0 Å². The van der Waals surface area contributed by atoms with Gasteiger partial charge in [0.15, 0.2) is 0 Å². The van der Waals surface area contributed by atoms with E-state index in [-0.39, 0.29) is 0 Å². The minimum atomic E-state index is 0.345. The molecule has 0 aromatic rings. The molecule has 0 aromatic heterocycles. The molecule has 2 aliphatic heterocycles. The quantitative estimate of drug-likeness (QED) is 0.477. The van der Waals surface area contributed by atoms with E-state index < -0.39 is 0 Å². The number of nitrogens with two attached hydrogens (primary N) is 1.